The van der Waals surface area contributed by atoms with E-state index in [2.05, 4.69) is 15.4 Å². The van der Waals surface area contributed by atoms with Crippen LogP contribution in [0.25, 0.3) is 5.65 Å². The van der Waals surface area contributed by atoms with Gasteiger partial charge in [-0.1, -0.05) is 54.1 Å². The van der Waals surface area contributed by atoms with E-state index in [0.29, 0.717) is 28.3 Å². The van der Waals surface area contributed by atoms with Crippen molar-refractivity contribution in [1.82, 2.24) is 24.8 Å². The van der Waals surface area contributed by atoms with Crippen molar-refractivity contribution >= 4 is 35.0 Å². The molecule has 1 atom stereocenters. The van der Waals surface area contributed by atoms with Gasteiger partial charge in [0, 0.05) is 31.4 Å². The molecule has 2 heterocycles. The molecule has 4 rings (SSSR count). The number of nitrogens with one attached hydrogen (secondary N) is 1. The van der Waals surface area contributed by atoms with Crippen LogP contribution in [-0.4, -0.2) is 50.8 Å². The lowest BCUT2D eigenvalue weighted by molar-refractivity contribution is -0.121. The minimum absolute atomic E-state index is 0.165. The highest BCUT2D eigenvalue weighted by Crippen LogP contribution is 2.24. The summed E-state index contributed by atoms with van der Waals surface area (Å²) in [4.78, 5) is 43.9. The smallest absolute Gasteiger partial charge is 0.255 e. The maximum Gasteiger partial charge on any atom is 0.255 e. The lowest BCUT2D eigenvalue weighted by atomic mass is 10.0. The molecular formula is C28H29ClN6O3. The second kappa shape index (κ2) is 11.4. The molecule has 0 saturated carbocycles. The first-order valence-corrected chi connectivity index (χ1v) is 12.5. The van der Waals surface area contributed by atoms with Crippen LogP contribution >= 0.6 is 11.6 Å². The first kappa shape index (κ1) is 26.8. The molecule has 10 heteroatoms. The van der Waals surface area contributed by atoms with Crippen LogP contribution < -0.4 is 11.1 Å². The fourth-order valence-corrected chi connectivity index (χ4v) is 4.72. The SMILES string of the molecule is Cc1nc2c(C(N)=O)cnn2c(C)c1CCC(=O)NCC(c1ccccc1)N(C)C(=O)c1ccccc1Cl. The number of fused-ring (bicyclic) bond motifs is 1. The average molecular weight is 533 g/mol. The van der Waals surface area contributed by atoms with Crippen LogP contribution in [0.1, 0.15) is 55.7 Å². The van der Waals surface area contributed by atoms with Gasteiger partial charge in [0.2, 0.25) is 5.91 Å². The summed E-state index contributed by atoms with van der Waals surface area (Å²) in [5.74, 6) is -0.995. The number of rotatable bonds is 9. The number of hydrogen-bond acceptors (Lipinski definition) is 5. The molecule has 0 spiro atoms. The zero-order chi connectivity index (χ0) is 27.4. The molecule has 0 radical (unpaired) electrons. The third-order valence-electron chi connectivity index (χ3n) is 6.65. The van der Waals surface area contributed by atoms with Crippen LogP contribution in [0.2, 0.25) is 5.02 Å². The molecule has 1 unspecified atom stereocenters. The Kier molecular flexibility index (Phi) is 8.07. The van der Waals surface area contributed by atoms with Gasteiger partial charge < -0.3 is 16.0 Å². The Hall–Kier alpha value is -4.24. The van der Waals surface area contributed by atoms with Gasteiger partial charge in [-0.15, -0.1) is 0 Å². The summed E-state index contributed by atoms with van der Waals surface area (Å²) in [5.41, 5.74) is 9.74. The maximum atomic E-state index is 13.2. The number of aryl methyl sites for hydroxylation is 2. The first-order chi connectivity index (χ1) is 18.2. The van der Waals surface area contributed by atoms with Crippen molar-refractivity contribution in [3.05, 3.63) is 99.5 Å². The van der Waals surface area contributed by atoms with Crippen molar-refractivity contribution in [2.45, 2.75) is 32.7 Å². The van der Waals surface area contributed by atoms with E-state index >= 15 is 0 Å². The molecule has 9 nitrogen and oxygen atoms in total. The van der Waals surface area contributed by atoms with Crippen molar-refractivity contribution in [3.8, 4) is 0 Å². The monoisotopic (exact) mass is 532 g/mol. The Labute approximate surface area is 225 Å². The molecule has 0 fully saturated rings. The number of likely N-dealkylation sites (N-methyl/N-ethyl adjacent to an activating group) is 1. The van der Waals surface area contributed by atoms with E-state index in [1.807, 2.05) is 44.2 Å². The Bertz CT molecular complexity index is 1500. The molecule has 3 amide bonds. The summed E-state index contributed by atoms with van der Waals surface area (Å²) in [6.07, 6.45) is 2.04. The predicted octanol–water partition coefficient (Wildman–Crippen LogP) is 3.66. The van der Waals surface area contributed by atoms with Crippen molar-refractivity contribution in [2.75, 3.05) is 13.6 Å². The van der Waals surface area contributed by atoms with Crippen LogP contribution in [-0.2, 0) is 11.2 Å². The molecule has 0 aliphatic heterocycles. The fraction of sp³-hybridized carbons (Fsp3) is 0.250. The van der Waals surface area contributed by atoms with Gasteiger partial charge in [-0.3, -0.25) is 14.4 Å². The van der Waals surface area contributed by atoms with E-state index in [1.165, 1.54) is 6.20 Å². The molecular weight excluding hydrogens is 504 g/mol. The van der Waals surface area contributed by atoms with Gasteiger partial charge in [-0.05, 0) is 43.5 Å². The van der Waals surface area contributed by atoms with Crippen LogP contribution in [0, 0.1) is 13.8 Å². The second-order valence-corrected chi connectivity index (χ2v) is 9.45. The van der Waals surface area contributed by atoms with E-state index in [0.717, 1.165) is 16.8 Å². The van der Waals surface area contributed by atoms with Crippen molar-refractivity contribution < 1.29 is 14.4 Å². The van der Waals surface area contributed by atoms with Crippen molar-refractivity contribution in [3.63, 3.8) is 0 Å². The minimum atomic E-state index is -0.593. The normalized spacial score (nSPS) is 11.8. The topological polar surface area (TPSA) is 123 Å². The predicted molar refractivity (Wildman–Crippen MR) is 145 cm³/mol. The van der Waals surface area contributed by atoms with E-state index in [9.17, 15) is 14.4 Å². The molecule has 196 valence electrons. The van der Waals surface area contributed by atoms with E-state index in [1.54, 1.807) is 40.7 Å². The molecule has 0 aliphatic carbocycles. The summed E-state index contributed by atoms with van der Waals surface area (Å²) < 4.78 is 1.57. The quantitative estimate of drug-likeness (QED) is 0.340. The van der Waals surface area contributed by atoms with Gasteiger partial charge >= 0.3 is 0 Å². The molecule has 3 N–H and O–H groups in total. The summed E-state index contributed by atoms with van der Waals surface area (Å²) in [7, 11) is 1.70. The molecule has 4 aromatic rings. The zero-order valence-corrected chi connectivity index (χ0v) is 22.2. The number of benzene rings is 2. The molecule has 38 heavy (non-hydrogen) atoms. The van der Waals surface area contributed by atoms with Gasteiger partial charge in [0.1, 0.15) is 5.56 Å². The third kappa shape index (κ3) is 5.52. The lowest BCUT2D eigenvalue weighted by Crippen LogP contribution is -2.39. The third-order valence-corrected chi connectivity index (χ3v) is 6.97. The molecule has 0 bridgehead atoms. The zero-order valence-electron chi connectivity index (χ0n) is 21.4. The summed E-state index contributed by atoms with van der Waals surface area (Å²) in [6.45, 7) is 3.93. The number of nitrogens with zero attached hydrogens (tertiary/aromatic N) is 4. The van der Waals surface area contributed by atoms with E-state index in [-0.39, 0.29) is 30.3 Å². The van der Waals surface area contributed by atoms with Gasteiger partial charge in [0.25, 0.3) is 11.8 Å². The van der Waals surface area contributed by atoms with Crippen LogP contribution in [0.3, 0.4) is 0 Å². The fourth-order valence-electron chi connectivity index (χ4n) is 4.50. The number of halogens is 1. The van der Waals surface area contributed by atoms with E-state index in [4.69, 9.17) is 17.3 Å². The molecule has 0 aliphatic rings. The van der Waals surface area contributed by atoms with Gasteiger partial charge in [0.15, 0.2) is 5.65 Å². The molecule has 2 aromatic carbocycles. The van der Waals surface area contributed by atoms with Crippen molar-refractivity contribution in [2.24, 2.45) is 5.73 Å². The van der Waals surface area contributed by atoms with Crippen LogP contribution in [0.4, 0.5) is 0 Å². The van der Waals surface area contributed by atoms with Crippen LogP contribution in [0.5, 0.6) is 0 Å². The number of carbonyl (C=O) groups excluding carboxylic acids is 3. The number of nitrogens with two attached hydrogens (primary N) is 1. The van der Waals surface area contributed by atoms with Crippen molar-refractivity contribution in [1.29, 1.82) is 0 Å². The Balaban J connectivity index is 1.47. The van der Waals surface area contributed by atoms with Crippen LogP contribution in [0.15, 0.2) is 60.8 Å². The van der Waals surface area contributed by atoms with Gasteiger partial charge in [-0.2, -0.15) is 5.10 Å². The maximum absolute atomic E-state index is 13.2. The number of primary amides is 1. The minimum Gasteiger partial charge on any atom is -0.365 e. The Morgan fingerprint density at radius 1 is 1.05 bits per heavy atom. The number of carbonyl (C=O) groups is 3. The highest BCUT2D eigenvalue weighted by atomic mass is 35.5. The molecule has 2 aromatic heterocycles. The largest absolute Gasteiger partial charge is 0.365 e. The summed E-state index contributed by atoms with van der Waals surface area (Å²) in [6, 6.07) is 16.0. The standard InChI is InChI=1S/C28H29ClN6O3/c1-17-20(18(2)35-27(33-17)22(15-32-35)26(30)37)13-14-25(36)31-16-24(19-9-5-4-6-10-19)34(3)28(38)21-11-7-8-12-23(21)29/h4-12,15,24H,13-14,16H2,1-3H3,(H2,30,37)(H,31,36). The summed E-state index contributed by atoms with van der Waals surface area (Å²) >= 11 is 6.27. The lowest BCUT2D eigenvalue weighted by Gasteiger charge is -2.29. The second-order valence-electron chi connectivity index (χ2n) is 9.05. The number of hydrogen-bond donors (Lipinski definition) is 2. The van der Waals surface area contributed by atoms with Gasteiger partial charge in [0.05, 0.1) is 22.8 Å². The average Bonchev–Trinajstić information content (AvgIpc) is 3.33. The Morgan fingerprint density at radius 2 is 1.74 bits per heavy atom. The highest BCUT2D eigenvalue weighted by Gasteiger charge is 2.25. The van der Waals surface area contributed by atoms with Gasteiger partial charge in [-0.25, -0.2) is 9.50 Å². The van der Waals surface area contributed by atoms with E-state index < -0.39 is 11.9 Å². The number of amides is 3. The molecule has 0 saturated heterocycles. The first-order valence-electron chi connectivity index (χ1n) is 12.2. The Morgan fingerprint density at radius 3 is 2.42 bits per heavy atom. The highest BCUT2D eigenvalue weighted by molar-refractivity contribution is 6.33. The summed E-state index contributed by atoms with van der Waals surface area (Å²) in [5, 5.41) is 7.58. The number of aromatic nitrogens is 3.